The summed E-state index contributed by atoms with van der Waals surface area (Å²) in [5.41, 5.74) is 0. The number of benzene rings is 1. The number of thioether (sulfide) groups is 1. The van der Waals surface area contributed by atoms with E-state index in [2.05, 4.69) is 34.6 Å². The predicted octanol–water partition coefficient (Wildman–Crippen LogP) is 3.70. The summed E-state index contributed by atoms with van der Waals surface area (Å²) in [5.74, 6) is 0.454. The van der Waals surface area contributed by atoms with E-state index in [-0.39, 0.29) is 67.2 Å². The van der Waals surface area contributed by atoms with Crippen molar-refractivity contribution in [3.63, 3.8) is 0 Å². The van der Waals surface area contributed by atoms with E-state index in [1.165, 1.54) is 35.6 Å². The fourth-order valence-corrected chi connectivity index (χ4v) is 5.03. The van der Waals surface area contributed by atoms with E-state index in [1.807, 2.05) is 6.26 Å². The molecule has 0 aliphatic carbocycles. The van der Waals surface area contributed by atoms with Gasteiger partial charge in [0.2, 0.25) is 11.6 Å². The smallest absolute Gasteiger partial charge is 0.316 e. The van der Waals surface area contributed by atoms with E-state index < -0.39 is 10.2 Å². The first-order valence-electron chi connectivity index (χ1n) is 12.8. The maximum Gasteiger partial charge on any atom is 0.316 e. The van der Waals surface area contributed by atoms with Gasteiger partial charge in [-0.05, 0) is 24.5 Å². The Hall–Kier alpha value is -4.28. The topological polar surface area (TPSA) is 164 Å². The SMILES string of the molecule is CCN(CC)S(=O)(=O)Nc1nc(-c2ncccn2)nc(OCCOc2ncc(SC)cn2)c1Oc1ccccc1OC. The van der Waals surface area contributed by atoms with Crippen LogP contribution < -0.4 is 23.7 Å². The second-order valence-electron chi connectivity index (χ2n) is 8.15. The van der Waals surface area contributed by atoms with Crippen molar-refractivity contribution in [2.45, 2.75) is 18.7 Å². The second kappa shape index (κ2) is 14.6. The van der Waals surface area contributed by atoms with Crippen molar-refractivity contribution in [3.8, 4) is 40.8 Å². The zero-order valence-electron chi connectivity index (χ0n) is 23.4. The van der Waals surface area contributed by atoms with Gasteiger partial charge in [-0.25, -0.2) is 24.9 Å². The van der Waals surface area contributed by atoms with Crippen LogP contribution in [0.3, 0.4) is 0 Å². The van der Waals surface area contributed by atoms with E-state index in [4.69, 9.17) is 18.9 Å². The molecule has 42 heavy (non-hydrogen) atoms. The molecule has 0 fully saturated rings. The average molecular weight is 615 g/mol. The maximum absolute atomic E-state index is 13.3. The van der Waals surface area contributed by atoms with Crippen LogP contribution in [0.5, 0.6) is 29.1 Å². The minimum Gasteiger partial charge on any atom is -0.493 e. The predicted molar refractivity (Wildman–Crippen MR) is 156 cm³/mol. The molecular formula is C26H30N8O6S2. The average Bonchev–Trinajstić information content (AvgIpc) is 3.01. The summed E-state index contributed by atoms with van der Waals surface area (Å²) >= 11 is 1.51. The summed E-state index contributed by atoms with van der Waals surface area (Å²) in [6.07, 6.45) is 8.25. The van der Waals surface area contributed by atoms with Crippen molar-refractivity contribution < 1.29 is 27.4 Å². The molecule has 1 aromatic carbocycles. The molecule has 16 heteroatoms. The zero-order chi connectivity index (χ0) is 30.0. The van der Waals surface area contributed by atoms with Gasteiger partial charge in [0.1, 0.15) is 13.2 Å². The van der Waals surface area contributed by atoms with Crippen LogP contribution in [0.25, 0.3) is 11.6 Å². The molecule has 222 valence electrons. The highest BCUT2D eigenvalue weighted by atomic mass is 32.2. The zero-order valence-corrected chi connectivity index (χ0v) is 25.1. The highest BCUT2D eigenvalue weighted by Crippen LogP contribution is 2.41. The minimum atomic E-state index is -4.05. The lowest BCUT2D eigenvalue weighted by atomic mass is 10.3. The number of hydrogen-bond donors (Lipinski definition) is 1. The Morgan fingerprint density at radius 3 is 2.19 bits per heavy atom. The molecule has 4 rings (SSSR count). The van der Waals surface area contributed by atoms with Crippen LogP contribution in [0, 0.1) is 0 Å². The maximum atomic E-state index is 13.3. The van der Waals surface area contributed by atoms with Gasteiger partial charge >= 0.3 is 16.2 Å². The first kappa shape index (κ1) is 30.7. The monoisotopic (exact) mass is 614 g/mol. The molecule has 0 bridgehead atoms. The molecule has 4 aromatic rings. The first-order chi connectivity index (χ1) is 20.4. The summed E-state index contributed by atoms with van der Waals surface area (Å²) in [5, 5.41) is 0. The number of nitrogens with one attached hydrogen (secondary N) is 1. The minimum absolute atomic E-state index is 0.00660. The van der Waals surface area contributed by atoms with Crippen molar-refractivity contribution in [1.82, 2.24) is 34.2 Å². The number of rotatable bonds is 15. The lowest BCUT2D eigenvalue weighted by Gasteiger charge is -2.21. The third-order valence-electron chi connectivity index (χ3n) is 5.55. The molecule has 3 aromatic heterocycles. The number of methoxy groups -OCH3 is 1. The fourth-order valence-electron chi connectivity index (χ4n) is 3.52. The van der Waals surface area contributed by atoms with Gasteiger partial charge in [-0.3, -0.25) is 4.72 Å². The van der Waals surface area contributed by atoms with Gasteiger partial charge in [-0.2, -0.15) is 17.7 Å². The van der Waals surface area contributed by atoms with Gasteiger partial charge in [0, 0.05) is 42.8 Å². The number of nitrogens with zero attached hydrogens (tertiary/aromatic N) is 7. The Kier molecular flexibility index (Phi) is 10.6. The van der Waals surface area contributed by atoms with Crippen molar-refractivity contribution in [2.24, 2.45) is 0 Å². The molecule has 3 heterocycles. The van der Waals surface area contributed by atoms with Crippen LogP contribution in [0.2, 0.25) is 0 Å². The third kappa shape index (κ3) is 7.71. The summed E-state index contributed by atoms with van der Waals surface area (Å²) in [6, 6.07) is 8.66. The Labute approximate surface area is 248 Å². The van der Waals surface area contributed by atoms with E-state index >= 15 is 0 Å². The molecule has 0 atom stereocenters. The fraction of sp³-hybridized carbons (Fsp3) is 0.308. The van der Waals surface area contributed by atoms with Crippen molar-refractivity contribution in [1.29, 1.82) is 0 Å². The van der Waals surface area contributed by atoms with Gasteiger partial charge in [-0.1, -0.05) is 26.0 Å². The molecule has 1 N–H and O–H groups in total. The van der Waals surface area contributed by atoms with Crippen molar-refractivity contribution in [2.75, 3.05) is 44.4 Å². The lowest BCUT2D eigenvalue weighted by Crippen LogP contribution is -2.36. The Morgan fingerprint density at radius 1 is 0.881 bits per heavy atom. The third-order valence-corrected chi connectivity index (χ3v) is 7.88. The molecular weight excluding hydrogens is 584 g/mol. The Balaban J connectivity index is 1.74. The summed E-state index contributed by atoms with van der Waals surface area (Å²) in [7, 11) is -2.56. The number of ether oxygens (including phenoxy) is 4. The van der Waals surface area contributed by atoms with Crippen molar-refractivity contribution in [3.05, 3.63) is 55.1 Å². The quantitative estimate of drug-likeness (QED) is 0.152. The van der Waals surface area contributed by atoms with E-state index in [9.17, 15) is 8.42 Å². The van der Waals surface area contributed by atoms with Crippen LogP contribution in [0.4, 0.5) is 5.82 Å². The van der Waals surface area contributed by atoms with Crippen LogP contribution >= 0.6 is 11.8 Å². The summed E-state index contributed by atoms with van der Waals surface area (Å²) in [4.78, 5) is 26.5. The molecule has 0 amide bonds. The van der Waals surface area contributed by atoms with E-state index in [0.717, 1.165) is 4.90 Å². The molecule has 0 radical (unpaired) electrons. The van der Waals surface area contributed by atoms with Gasteiger partial charge in [-0.15, -0.1) is 11.8 Å². The van der Waals surface area contributed by atoms with Crippen molar-refractivity contribution >= 4 is 27.8 Å². The second-order valence-corrected chi connectivity index (χ2v) is 10.7. The van der Waals surface area contributed by atoms with Crippen LogP contribution in [-0.2, 0) is 10.2 Å². The largest absolute Gasteiger partial charge is 0.493 e. The molecule has 0 aliphatic heterocycles. The Morgan fingerprint density at radius 2 is 1.55 bits per heavy atom. The lowest BCUT2D eigenvalue weighted by molar-refractivity contribution is 0.197. The van der Waals surface area contributed by atoms with Gasteiger partial charge < -0.3 is 18.9 Å². The van der Waals surface area contributed by atoms with Gasteiger partial charge in [0.25, 0.3) is 5.88 Å². The van der Waals surface area contributed by atoms with E-state index in [0.29, 0.717) is 5.75 Å². The van der Waals surface area contributed by atoms with Crippen LogP contribution in [0.15, 0.2) is 60.0 Å². The van der Waals surface area contributed by atoms with Crippen LogP contribution in [-0.4, -0.2) is 82.3 Å². The number of para-hydroxylation sites is 2. The highest BCUT2D eigenvalue weighted by Gasteiger charge is 2.27. The molecule has 0 saturated heterocycles. The van der Waals surface area contributed by atoms with Crippen LogP contribution in [0.1, 0.15) is 13.8 Å². The van der Waals surface area contributed by atoms with E-state index in [1.54, 1.807) is 56.6 Å². The van der Waals surface area contributed by atoms with Gasteiger partial charge in [0.15, 0.2) is 23.1 Å². The molecule has 0 aliphatic rings. The van der Waals surface area contributed by atoms with Gasteiger partial charge in [0.05, 0.1) is 7.11 Å². The number of anilines is 1. The molecule has 0 saturated carbocycles. The number of hydrogen-bond acceptors (Lipinski definition) is 13. The normalized spacial score (nSPS) is 11.3. The molecule has 0 spiro atoms. The summed E-state index contributed by atoms with van der Waals surface area (Å²) in [6.45, 7) is 3.94. The Bertz CT molecular complexity index is 1560. The standard InChI is InChI=1S/C26H30N8O6S2/c1-5-34(6-2)42(35,36)33-22-21(40-20-11-8-7-10-19(20)37-3)25(32-24(31-22)23-27-12-9-13-28-23)38-14-15-39-26-29-16-18(41-4)17-30-26/h7-13,16-17H,5-6,14-15H2,1-4H3,(H,31,32,33). The number of aromatic nitrogens is 6. The highest BCUT2D eigenvalue weighted by molar-refractivity contribution is 7.98. The first-order valence-corrected chi connectivity index (χ1v) is 15.4. The molecule has 0 unspecified atom stereocenters. The molecule has 14 nitrogen and oxygen atoms in total. The summed E-state index contributed by atoms with van der Waals surface area (Å²) < 4.78 is 53.5.